The predicted molar refractivity (Wildman–Crippen MR) is 92.4 cm³/mol. The summed E-state index contributed by atoms with van der Waals surface area (Å²) in [6, 6.07) is 0. The monoisotopic (exact) mass is 336 g/mol. The second kappa shape index (κ2) is 14.5. The van der Waals surface area contributed by atoms with Crippen LogP contribution in [-0.4, -0.2) is 19.6 Å². The summed E-state index contributed by atoms with van der Waals surface area (Å²) >= 11 is 0. The van der Waals surface area contributed by atoms with Gasteiger partial charge in [0.1, 0.15) is 0 Å². The average molecular weight is 337 g/mol. The number of rotatable bonds is 16. The predicted octanol–water partition coefficient (Wildman–Crippen LogP) is 5.53. The van der Waals surface area contributed by atoms with Crippen LogP contribution in [0.5, 0.6) is 0 Å². The minimum atomic E-state index is -4.25. The zero-order chi connectivity index (χ0) is 16.7. The first-order valence-corrected chi connectivity index (χ1v) is 10.4. The zero-order valence-corrected chi connectivity index (χ0v) is 15.4. The van der Waals surface area contributed by atoms with Crippen molar-refractivity contribution in [2.75, 3.05) is 6.61 Å². The summed E-state index contributed by atoms with van der Waals surface area (Å²) in [5.74, 6) is 0.892. The molecule has 0 radical (unpaired) electrons. The Labute approximate surface area is 138 Å². The van der Waals surface area contributed by atoms with Crippen LogP contribution < -0.4 is 0 Å². The molecule has 0 aromatic heterocycles. The van der Waals surface area contributed by atoms with Gasteiger partial charge in [0.05, 0.1) is 6.61 Å². The maximum absolute atomic E-state index is 10.3. The molecule has 0 aliphatic rings. The Morgan fingerprint density at radius 1 is 0.818 bits per heavy atom. The van der Waals surface area contributed by atoms with Crippen molar-refractivity contribution in [3.05, 3.63) is 0 Å². The summed E-state index contributed by atoms with van der Waals surface area (Å²) < 4.78 is 33.3. The van der Waals surface area contributed by atoms with Crippen LogP contribution in [0.3, 0.4) is 0 Å². The van der Waals surface area contributed by atoms with Crippen molar-refractivity contribution < 1.29 is 17.2 Å². The van der Waals surface area contributed by atoms with Gasteiger partial charge in [-0.15, -0.1) is 0 Å². The molecule has 1 unspecified atom stereocenters. The quantitative estimate of drug-likeness (QED) is 0.297. The highest BCUT2D eigenvalue weighted by atomic mass is 32.3. The Kier molecular flexibility index (Phi) is 14.4. The van der Waals surface area contributed by atoms with Gasteiger partial charge in [0.25, 0.3) is 0 Å². The fourth-order valence-electron chi connectivity index (χ4n) is 2.55. The van der Waals surface area contributed by atoms with Crippen LogP contribution in [0.25, 0.3) is 0 Å². The van der Waals surface area contributed by atoms with Gasteiger partial charge in [0.2, 0.25) is 0 Å². The molecule has 1 atom stereocenters. The van der Waals surface area contributed by atoms with Crippen molar-refractivity contribution >= 4 is 10.4 Å². The first kappa shape index (κ1) is 21.9. The number of unbranched alkanes of at least 4 members (excludes halogenated alkanes) is 10. The highest BCUT2D eigenvalue weighted by Gasteiger charge is 2.02. The van der Waals surface area contributed by atoms with Crippen LogP contribution in [0.15, 0.2) is 0 Å². The lowest BCUT2D eigenvalue weighted by Gasteiger charge is -2.07. The largest absolute Gasteiger partial charge is 0.397 e. The van der Waals surface area contributed by atoms with E-state index in [1.54, 1.807) is 0 Å². The molecule has 5 heteroatoms. The second-order valence-electron chi connectivity index (χ2n) is 6.44. The van der Waals surface area contributed by atoms with Gasteiger partial charge in [-0.25, -0.2) is 4.18 Å². The molecule has 134 valence electrons. The van der Waals surface area contributed by atoms with Crippen molar-refractivity contribution in [2.45, 2.75) is 97.3 Å². The third-order valence-corrected chi connectivity index (χ3v) is 4.73. The van der Waals surface area contributed by atoms with E-state index in [0.717, 1.165) is 18.8 Å². The molecule has 0 saturated heterocycles. The van der Waals surface area contributed by atoms with Gasteiger partial charge >= 0.3 is 10.4 Å². The SMILES string of the molecule is CCC(C)CCCCCCCCCCCCCOS(=O)(=O)O. The smallest absolute Gasteiger partial charge is 0.264 e. The Morgan fingerprint density at radius 2 is 1.23 bits per heavy atom. The molecular formula is C17H36O4S. The fourth-order valence-corrected chi connectivity index (χ4v) is 2.88. The summed E-state index contributed by atoms with van der Waals surface area (Å²) in [5, 5.41) is 0. The van der Waals surface area contributed by atoms with Crippen molar-refractivity contribution in [2.24, 2.45) is 5.92 Å². The Hall–Kier alpha value is -0.130. The Morgan fingerprint density at radius 3 is 1.64 bits per heavy atom. The van der Waals surface area contributed by atoms with E-state index >= 15 is 0 Å². The van der Waals surface area contributed by atoms with Gasteiger partial charge in [0.15, 0.2) is 0 Å². The van der Waals surface area contributed by atoms with E-state index in [-0.39, 0.29) is 6.61 Å². The number of hydrogen-bond acceptors (Lipinski definition) is 3. The topological polar surface area (TPSA) is 63.6 Å². The van der Waals surface area contributed by atoms with Gasteiger partial charge < -0.3 is 0 Å². The van der Waals surface area contributed by atoms with E-state index in [2.05, 4.69) is 18.0 Å². The third-order valence-electron chi connectivity index (χ3n) is 4.27. The van der Waals surface area contributed by atoms with E-state index in [9.17, 15) is 8.42 Å². The summed E-state index contributed by atoms with van der Waals surface area (Å²) in [6.07, 6.45) is 16.1. The molecule has 0 spiro atoms. The summed E-state index contributed by atoms with van der Waals surface area (Å²) in [7, 11) is -4.25. The normalized spacial score (nSPS) is 13.4. The minimum Gasteiger partial charge on any atom is -0.264 e. The lowest BCUT2D eigenvalue weighted by Crippen LogP contribution is -2.04. The maximum atomic E-state index is 10.3. The molecule has 0 bridgehead atoms. The molecule has 4 nitrogen and oxygen atoms in total. The van der Waals surface area contributed by atoms with Crippen molar-refractivity contribution in [3.63, 3.8) is 0 Å². The molecule has 22 heavy (non-hydrogen) atoms. The van der Waals surface area contributed by atoms with Crippen LogP contribution in [0.1, 0.15) is 97.3 Å². The Bertz CT molecular complexity index is 328. The van der Waals surface area contributed by atoms with E-state index < -0.39 is 10.4 Å². The zero-order valence-electron chi connectivity index (χ0n) is 14.6. The third kappa shape index (κ3) is 17.9. The Balaban J connectivity index is 3.09. The van der Waals surface area contributed by atoms with Crippen LogP contribution in [0.4, 0.5) is 0 Å². The second-order valence-corrected chi connectivity index (χ2v) is 7.53. The molecule has 0 aliphatic heterocycles. The lowest BCUT2D eigenvalue weighted by molar-refractivity contribution is 0.261. The molecule has 0 fully saturated rings. The summed E-state index contributed by atoms with van der Waals surface area (Å²) in [5.41, 5.74) is 0. The molecular weight excluding hydrogens is 300 g/mol. The fraction of sp³-hybridized carbons (Fsp3) is 1.00. The molecule has 0 aromatic rings. The average Bonchev–Trinajstić information content (AvgIpc) is 2.46. The first-order valence-electron chi connectivity index (χ1n) is 9.07. The highest BCUT2D eigenvalue weighted by Crippen LogP contribution is 2.15. The lowest BCUT2D eigenvalue weighted by atomic mass is 9.99. The summed E-state index contributed by atoms with van der Waals surface area (Å²) in [4.78, 5) is 0. The van der Waals surface area contributed by atoms with E-state index in [0.29, 0.717) is 6.42 Å². The minimum absolute atomic E-state index is 0.0927. The van der Waals surface area contributed by atoms with Crippen molar-refractivity contribution in [3.8, 4) is 0 Å². The molecule has 1 N–H and O–H groups in total. The number of hydrogen-bond donors (Lipinski definition) is 1. The van der Waals surface area contributed by atoms with Crippen LogP contribution >= 0.6 is 0 Å². The summed E-state index contributed by atoms with van der Waals surface area (Å²) in [6.45, 7) is 4.70. The van der Waals surface area contributed by atoms with Gasteiger partial charge in [-0.2, -0.15) is 8.42 Å². The maximum Gasteiger partial charge on any atom is 0.397 e. The highest BCUT2D eigenvalue weighted by molar-refractivity contribution is 7.80. The van der Waals surface area contributed by atoms with E-state index in [4.69, 9.17) is 4.55 Å². The van der Waals surface area contributed by atoms with E-state index in [1.807, 2.05) is 0 Å². The van der Waals surface area contributed by atoms with Gasteiger partial charge in [-0.05, 0) is 12.3 Å². The molecule has 0 saturated carbocycles. The van der Waals surface area contributed by atoms with Crippen LogP contribution in [0, 0.1) is 5.92 Å². The molecule has 0 aliphatic carbocycles. The molecule has 0 aromatic carbocycles. The van der Waals surface area contributed by atoms with Gasteiger partial charge in [0, 0.05) is 0 Å². The van der Waals surface area contributed by atoms with Crippen molar-refractivity contribution in [1.29, 1.82) is 0 Å². The molecule has 0 heterocycles. The van der Waals surface area contributed by atoms with Gasteiger partial charge in [-0.1, -0.05) is 90.9 Å². The van der Waals surface area contributed by atoms with Crippen LogP contribution in [0.2, 0.25) is 0 Å². The standard InChI is InChI=1S/C17H36O4S/c1-3-17(2)15-13-11-9-7-5-4-6-8-10-12-14-16-21-22(18,19)20/h17H,3-16H2,1-2H3,(H,18,19,20). The first-order chi connectivity index (χ1) is 10.5. The molecule has 0 rings (SSSR count). The van der Waals surface area contributed by atoms with Gasteiger partial charge in [-0.3, -0.25) is 4.55 Å². The molecule has 0 amide bonds. The van der Waals surface area contributed by atoms with Crippen LogP contribution in [-0.2, 0) is 14.6 Å². The van der Waals surface area contributed by atoms with E-state index in [1.165, 1.54) is 64.2 Å². The van der Waals surface area contributed by atoms with Crippen molar-refractivity contribution in [1.82, 2.24) is 0 Å².